The minimum Gasteiger partial charge on any atom is -0.125 e. The molecule has 0 N–H and O–H groups in total. The van der Waals surface area contributed by atoms with Crippen LogP contribution in [0.15, 0.2) is 133 Å². The molecule has 0 aliphatic rings. The highest BCUT2D eigenvalue weighted by Crippen LogP contribution is 2.47. The van der Waals surface area contributed by atoms with E-state index in [9.17, 15) is 0 Å². The molecule has 0 nitrogen and oxygen atoms in total. The van der Waals surface area contributed by atoms with Gasteiger partial charge in [-0.1, -0.05) is 287 Å². The lowest BCUT2D eigenvalue weighted by atomic mass is 9.89. The van der Waals surface area contributed by atoms with Crippen LogP contribution in [0.3, 0.4) is 0 Å². The van der Waals surface area contributed by atoms with Crippen LogP contribution in [-0.4, -0.2) is 32.3 Å². The van der Waals surface area contributed by atoms with E-state index in [0.717, 1.165) is 22.3 Å². The lowest BCUT2D eigenvalue weighted by Gasteiger charge is -2.38. The molecule has 0 saturated heterocycles. The third-order valence-electron chi connectivity index (χ3n) is 22.6. The van der Waals surface area contributed by atoms with Gasteiger partial charge < -0.3 is 0 Å². The van der Waals surface area contributed by atoms with Gasteiger partial charge in [-0.15, -0.1) is 22.2 Å². The van der Waals surface area contributed by atoms with Crippen molar-refractivity contribution in [2.45, 2.75) is 233 Å². The van der Waals surface area contributed by atoms with Gasteiger partial charge in [0.15, 0.2) is 0 Å². The standard InChI is InChI=1S/C86H106Si4/c1-55(2)87(56(3)4,57(5)6)45-41-79-75-29-25-27-31-77(75)81(43-47-89(61(13)14,62(15)16)63(17)18)85-53-73-49-69(37-39-71(73)51-83(79)85)67-33-35-68(36-34-67)70-38-40-72-52-84-80(42-46-88(58(7)8,59(9)10)60(11)12)76-30-26-28-32-78(76)82(86(84)54-74(72)50-70)44-48-90(64(19)20,65(21)22)66(23)24/h25-40,49-66H,1-24H3. The predicted octanol–water partition coefficient (Wildman–Crippen LogP) is 26.2. The zero-order chi connectivity index (χ0) is 65.7. The van der Waals surface area contributed by atoms with Crippen molar-refractivity contribution in [1.29, 1.82) is 0 Å². The van der Waals surface area contributed by atoms with Crippen molar-refractivity contribution in [2.75, 3.05) is 0 Å². The van der Waals surface area contributed by atoms with Crippen LogP contribution < -0.4 is 0 Å². The third-order valence-corrected chi connectivity index (χ3v) is 47.8. The Labute approximate surface area is 549 Å². The fraction of sp³-hybridized carbons (Fsp3) is 0.419. The lowest BCUT2D eigenvalue weighted by molar-refractivity contribution is 0.838. The Morgan fingerprint density at radius 3 is 0.589 bits per heavy atom. The Bertz CT molecular complexity index is 4060. The highest BCUT2D eigenvalue weighted by Gasteiger charge is 2.45. The molecule has 4 heteroatoms. The van der Waals surface area contributed by atoms with Crippen LogP contribution in [-0.2, 0) is 0 Å². The van der Waals surface area contributed by atoms with Gasteiger partial charge in [0.25, 0.3) is 0 Å². The maximum Gasteiger partial charge on any atom is 0.146 e. The van der Waals surface area contributed by atoms with E-state index in [1.54, 1.807) is 0 Å². The van der Waals surface area contributed by atoms with Crippen molar-refractivity contribution in [3.8, 4) is 68.1 Å². The molecule has 90 heavy (non-hydrogen) atoms. The zero-order valence-corrected chi connectivity index (χ0v) is 63.6. The number of fused-ring (bicyclic) bond motifs is 6. The fourth-order valence-electron chi connectivity index (χ4n) is 18.0. The van der Waals surface area contributed by atoms with Crippen LogP contribution in [0, 0.1) is 45.9 Å². The molecule has 0 bridgehead atoms. The maximum atomic E-state index is 4.17. The van der Waals surface area contributed by atoms with Gasteiger partial charge in [0.1, 0.15) is 32.3 Å². The van der Waals surface area contributed by atoms with Crippen molar-refractivity contribution in [1.82, 2.24) is 0 Å². The first-order valence-corrected chi connectivity index (χ1v) is 43.5. The van der Waals surface area contributed by atoms with E-state index in [1.807, 2.05) is 0 Å². The average molecular weight is 1250 g/mol. The summed E-state index contributed by atoms with van der Waals surface area (Å²) in [5, 5.41) is 14.6. The molecule has 0 saturated carbocycles. The largest absolute Gasteiger partial charge is 0.146 e. The van der Waals surface area contributed by atoms with Crippen LogP contribution in [0.1, 0.15) is 188 Å². The maximum absolute atomic E-state index is 4.17. The van der Waals surface area contributed by atoms with E-state index in [2.05, 4.69) is 345 Å². The van der Waals surface area contributed by atoms with E-state index in [1.165, 1.54) is 86.9 Å². The summed E-state index contributed by atoms with van der Waals surface area (Å²) >= 11 is 0. The molecule has 9 aromatic rings. The second-order valence-corrected chi connectivity index (χ2v) is 53.0. The summed E-state index contributed by atoms with van der Waals surface area (Å²) in [6, 6.07) is 51.2. The van der Waals surface area contributed by atoms with Gasteiger partial charge in [0, 0.05) is 22.3 Å². The molecule has 0 aromatic heterocycles. The summed E-state index contributed by atoms with van der Waals surface area (Å²) in [6.07, 6.45) is 0. The van der Waals surface area contributed by atoms with Gasteiger partial charge in [-0.2, -0.15) is 0 Å². The summed E-state index contributed by atoms with van der Waals surface area (Å²) in [7, 11) is -8.28. The van der Waals surface area contributed by atoms with Crippen molar-refractivity contribution >= 4 is 96.9 Å². The van der Waals surface area contributed by atoms with Gasteiger partial charge in [-0.25, -0.2) is 0 Å². The molecule has 466 valence electrons. The Balaban J connectivity index is 1.22. The molecular formula is C86H106Si4. The molecule has 0 aliphatic heterocycles. The molecule has 9 rings (SSSR count). The molecule has 0 unspecified atom stereocenters. The van der Waals surface area contributed by atoms with Crippen LogP contribution in [0.2, 0.25) is 66.5 Å². The van der Waals surface area contributed by atoms with Crippen molar-refractivity contribution in [3.05, 3.63) is 156 Å². The van der Waals surface area contributed by atoms with Gasteiger partial charge in [0.2, 0.25) is 0 Å². The summed E-state index contributed by atoms with van der Waals surface area (Å²) < 4.78 is 0. The van der Waals surface area contributed by atoms with Crippen LogP contribution in [0.4, 0.5) is 0 Å². The molecule has 0 radical (unpaired) electrons. The van der Waals surface area contributed by atoms with E-state index in [0.29, 0.717) is 66.5 Å². The second kappa shape index (κ2) is 26.7. The zero-order valence-electron chi connectivity index (χ0n) is 59.6. The molecule has 9 aromatic carbocycles. The van der Waals surface area contributed by atoms with Gasteiger partial charge in [-0.05, 0) is 190 Å². The minimum atomic E-state index is -2.08. The monoisotopic (exact) mass is 1250 g/mol. The predicted molar refractivity (Wildman–Crippen MR) is 414 cm³/mol. The first kappa shape index (κ1) is 68.0. The molecule has 0 aliphatic carbocycles. The first-order chi connectivity index (χ1) is 42.5. The average Bonchev–Trinajstić information content (AvgIpc) is 0.774. The van der Waals surface area contributed by atoms with Crippen molar-refractivity contribution < 1.29 is 0 Å². The highest BCUT2D eigenvalue weighted by molar-refractivity contribution is 6.92. The molecular weight excluding hydrogens is 1150 g/mol. The van der Waals surface area contributed by atoms with E-state index < -0.39 is 32.3 Å². The van der Waals surface area contributed by atoms with Gasteiger partial charge in [-0.3, -0.25) is 0 Å². The number of rotatable bonds is 14. The summed E-state index contributed by atoms with van der Waals surface area (Å²) in [4.78, 5) is 0. The molecule has 0 atom stereocenters. The summed E-state index contributed by atoms with van der Waals surface area (Å²) in [6.45, 7) is 58.1. The smallest absolute Gasteiger partial charge is 0.125 e. The molecule has 0 amide bonds. The Kier molecular flexibility index (Phi) is 20.2. The van der Waals surface area contributed by atoms with Crippen LogP contribution >= 0.6 is 0 Å². The summed E-state index contributed by atoms with van der Waals surface area (Å²) in [5.74, 6) is 16.1. The van der Waals surface area contributed by atoms with E-state index in [-0.39, 0.29) is 0 Å². The SMILES string of the molecule is CC(C)[Si](C#Cc1c2ccccc2c(C#C[Si](C(C)C)(C(C)C)C(C)C)c2cc3cc(-c4ccc(-c5ccc6cc7c(C#C[Si](C(C)C)(C(C)C)C(C)C)c8ccccc8c(C#C[Si](C(C)C)(C(C)C)C(C)C)c7cc6c5)cc4)ccc3cc12)(C(C)C)C(C)C. The number of hydrogen-bond acceptors (Lipinski definition) is 0. The van der Waals surface area contributed by atoms with E-state index in [4.69, 9.17) is 0 Å². The Morgan fingerprint density at radius 2 is 0.389 bits per heavy atom. The number of benzene rings is 9. The Morgan fingerprint density at radius 1 is 0.200 bits per heavy atom. The topological polar surface area (TPSA) is 0 Å². The van der Waals surface area contributed by atoms with Gasteiger partial charge in [0.05, 0.1) is 0 Å². The molecule has 0 fully saturated rings. The third kappa shape index (κ3) is 11.9. The fourth-order valence-corrected chi connectivity index (χ4v) is 38.8. The lowest BCUT2D eigenvalue weighted by Crippen LogP contribution is -2.43. The van der Waals surface area contributed by atoms with Crippen LogP contribution in [0.25, 0.3) is 86.9 Å². The highest BCUT2D eigenvalue weighted by atomic mass is 28.3. The van der Waals surface area contributed by atoms with Gasteiger partial charge >= 0.3 is 0 Å². The molecule has 0 spiro atoms. The Hall–Kier alpha value is -6.35. The number of hydrogen-bond donors (Lipinski definition) is 0. The first-order valence-electron chi connectivity index (χ1n) is 34.6. The minimum absolute atomic E-state index is 0.529. The van der Waals surface area contributed by atoms with E-state index >= 15 is 0 Å². The second-order valence-electron chi connectivity index (χ2n) is 30.7. The normalized spacial score (nSPS) is 12.8. The van der Waals surface area contributed by atoms with Crippen LogP contribution in [0.5, 0.6) is 0 Å². The quantitative estimate of drug-likeness (QED) is 0.0578. The van der Waals surface area contributed by atoms with Crippen molar-refractivity contribution in [3.63, 3.8) is 0 Å². The summed E-state index contributed by atoms with van der Waals surface area (Å²) in [5.41, 5.74) is 32.4. The molecule has 0 heterocycles. The van der Waals surface area contributed by atoms with Crippen molar-refractivity contribution in [2.24, 2.45) is 0 Å².